The second-order valence-electron chi connectivity index (χ2n) is 3.80. The van der Waals surface area contributed by atoms with Gasteiger partial charge in [0.15, 0.2) is 0 Å². The summed E-state index contributed by atoms with van der Waals surface area (Å²) in [5.41, 5.74) is 0.522. The second-order valence-corrected chi connectivity index (χ2v) is 4.19. The first-order valence-corrected chi connectivity index (χ1v) is 5.68. The standard InChI is InChI=1S/C11H12ClN3O2/c12-10-2-1-9(7-13-10)11(17)15-5-3-14(8-16)4-6-15/h1-2,7-8H,3-6H2. The molecule has 0 radical (unpaired) electrons. The summed E-state index contributed by atoms with van der Waals surface area (Å²) in [6.07, 6.45) is 2.28. The summed E-state index contributed by atoms with van der Waals surface area (Å²) in [5.74, 6) is -0.0697. The molecule has 2 rings (SSSR count). The molecule has 90 valence electrons. The topological polar surface area (TPSA) is 53.5 Å². The molecule has 17 heavy (non-hydrogen) atoms. The third-order valence-electron chi connectivity index (χ3n) is 2.72. The Bertz CT molecular complexity index is 413. The van der Waals surface area contributed by atoms with Crippen molar-refractivity contribution in [1.29, 1.82) is 0 Å². The minimum atomic E-state index is -0.0697. The Hall–Kier alpha value is -1.62. The first-order chi connectivity index (χ1) is 8.20. The van der Waals surface area contributed by atoms with Crippen molar-refractivity contribution < 1.29 is 9.59 Å². The van der Waals surface area contributed by atoms with Gasteiger partial charge in [0, 0.05) is 32.4 Å². The van der Waals surface area contributed by atoms with Gasteiger partial charge in [-0.1, -0.05) is 11.6 Å². The van der Waals surface area contributed by atoms with Crippen molar-refractivity contribution in [3.05, 3.63) is 29.0 Å². The Morgan fingerprint density at radius 2 is 2.00 bits per heavy atom. The maximum atomic E-state index is 12.0. The van der Waals surface area contributed by atoms with E-state index in [9.17, 15) is 9.59 Å². The highest BCUT2D eigenvalue weighted by Crippen LogP contribution is 2.10. The molecule has 1 aliphatic rings. The average Bonchev–Trinajstić information content (AvgIpc) is 2.39. The van der Waals surface area contributed by atoms with Gasteiger partial charge in [0.1, 0.15) is 5.15 Å². The lowest BCUT2D eigenvalue weighted by atomic mass is 10.2. The van der Waals surface area contributed by atoms with Gasteiger partial charge in [0.2, 0.25) is 6.41 Å². The number of pyridine rings is 1. The number of nitrogens with zero attached hydrogens (tertiary/aromatic N) is 3. The number of carbonyl (C=O) groups is 2. The SMILES string of the molecule is O=CN1CCN(C(=O)c2ccc(Cl)nc2)CC1. The van der Waals surface area contributed by atoms with Gasteiger partial charge in [-0.2, -0.15) is 0 Å². The molecule has 0 aliphatic carbocycles. The van der Waals surface area contributed by atoms with E-state index in [1.165, 1.54) is 6.20 Å². The molecule has 0 aromatic carbocycles. The average molecular weight is 254 g/mol. The van der Waals surface area contributed by atoms with Crippen LogP contribution in [0.4, 0.5) is 0 Å². The zero-order valence-electron chi connectivity index (χ0n) is 9.17. The Balaban J connectivity index is 2.01. The highest BCUT2D eigenvalue weighted by atomic mass is 35.5. The van der Waals surface area contributed by atoms with Crippen LogP contribution in [0.3, 0.4) is 0 Å². The predicted octanol–water partition coefficient (Wildman–Crippen LogP) is 0.649. The number of hydrogen-bond acceptors (Lipinski definition) is 3. The van der Waals surface area contributed by atoms with Gasteiger partial charge in [-0.05, 0) is 12.1 Å². The van der Waals surface area contributed by atoms with Crippen molar-refractivity contribution in [3.8, 4) is 0 Å². The summed E-state index contributed by atoms with van der Waals surface area (Å²) in [7, 11) is 0. The van der Waals surface area contributed by atoms with E-state index in [-0.39, 0.29) is 5.91 Å². The number of hydrogen-bond donors (Lipinski definition) is 0. The smallest absolute Gasteiger partial charge is 0.255 e. The Kier molecular flexibility index (Phi) is 3.58. The van der Waals surface area contributed by atoms with Crippen LogP contribution in [0, 0.1) is 0 Å². The van der Waals surface area contributed by atoms with Gasteiger partial charge < -0.3 is 9.80 Å². The molecule has 1 fully saturated rings. The van der Waals surface area contributed by atoms with E-state index < -0.39 is 0 Å². The number of aromatic nitrogens is 1. The largest absolute Gasteiger partial charge is 0.342 e. The lowest BCUT2D eigenvalue weighted by Gasteiger charge is -2.32. The van der Waals surface area contributed by atoms with Crippen molar-refractivity contribution in [1.82, 2.24) is 14.8 Å². The van der Waals surface area contributed by atoms with Crippen LogP contribution in [-0.2, 0) is 4.79 Å². The minimum absolute atomic E-state index is 0.0697. The second kappa shape index (κ2) is 5.14. The Morgan fingerprint density at radius 1 is 1.29 bits per heavy atom. The zero-order valence-corrected chi connectivity index (χ0v) is 9.93. The Morgan fingerprint density at radius 3 is 2.53 bits per heavy atom. The van der Waals surface area contributed by atoms with E-state index in [2.05, 4.69) is 4.98 Å². The molecular formula is C11H12ClN3O2. The van der Waals surface area contributed by atoms with E-state index in [0.29, 0.717) is 36.9 Å². The molecule has 0 unspecified atom stereocenters. The zero-order chi connectivity index (χ0) is 12.3. The molecule has 2 amide bonds. The fourth-order valence-electron chi connectivity index (χ4n) is 1.72. The molecule has 1 aromatic heterocycles. The minimum Gasteiger partial charge on any atom is -0.342 e. The van der Waals surface area contributed by atoms with Crippen LogP contribution in [-0.4, -0.2) is 53.3 Å². The molecular weight excluding hydrogens is 242 g/mol. The van der Waals surface area contributed by atoms with Crippen LogP contribution in [0.25, 0.3) is 0 Å². The Labute approximate surface area is 104 Å². The highest BCUT2D eigenvalue weighted by molar-refractivity contribution is 6.29. The van der Waals surface area contributed by atoms with Crippen LogP contribution in [0.2, 0.25) is 5.15 Å². The summed E-state index contributed by atoms with van der Waals surface area (Å²) in [6.45, 7) is 2.27. The van der Waals surface area contributed by atoms with Gasteiger partial charge in [0.25, 0.3) is 5.91 Å². The molecule has 0 N–H and O–H groups in total. The van der Waals surface area contributed by atoms with Crippen molar-refractivity contribution in [2.75, 3.05) is 26.2 Å². The van der Waals surface area contributed by atoms with Gasteiger partial charge in [0.05, 0.1) is 5.56 Å². The van der Waals surface area contributed by atoms with Gasteiger partial charge in [-0.3, -0.25) is 9.59 Å². The summed E-state index contributed by atoms with van der Waals surface area (Å²) in [5, 5.41) is 0.368. The fourth-order valence-corrected chi connectivity index (χ4v) is 1.83. The van der Waals surface area contributed by atoms with E-state index in [1.807, 2.05) is 0 Å². The van der Waals surface area contributed by atoms with Crippen LogP contribution >= 0.6 is 11.6 Å². The van der Waals surface area contributed by atoms with Crippen molar-refractivity contribution in [3.63, 3.8) is 0 Å². The lowest BCUT2D eigenvalue weighted by Crippen LogP contribution is -2.48. The summed E-state index contributed by atoms with van der Waals surface area (Å²) < 4.78 is 0. The van der Waals surface area contributed by atoms with E-state index in [1.54, 1.807) is 21.9 Å². The molecule has 6 heteroatoms. The van der Waals surface area contributed by atoms with Crippen LogP contribution in [0.1, 0.15) is 10.4 Å². The molecule has 0 saturated carbocycles. The molecule has 1 aliphatic heterocycles. The predicted molar refractivity (Wildman–Crippen MR) is 62.8 cm³/mol. The molecule has 1 saturated heterocycles. The molecule has 0 spiro atoms. The summed E-state index contributed by atoms with van der Waals surface area (Å²) in [4.78, 5) is 29.8. The van der Waals surface area contributed by atoms with Crippen molar-refractivity contribution >= 4 is 23.9 Å². The van der Waals surface area contributed by atoms with Crippen molar-refractivity contribution in [2.45, 2.75) is 0 Å². The first-order valence-electron chi connectivity index (χ1n) is 5.31. The van der Waals surface area contributed by atoms with Gasteiger partial charge in [-0.15, -0.1) is 0 Å². The highest BCUT2D eigenvalue weighted by Gasteiger charge is 2.21. The van der Waals surface area contributed by atoms with Gasteiger partial charge >= 0.3 is 0 Å². The number of piperazine rings is 1. The molecule has 2 heterocycles. The maximum Gasteiger partial charge on any atom is 0.255 e. The molecule has 5 nitrogen and oxygen atoms in total. The number of carbonyl (C=O) groups excluding carboxylic acids is 2. The number of amides is 2. The van der Waals surface area contributed by atoms with E-state index in [4.69, 9.17) is 11.6 Å². The number of halogens is 1. The van der Waals surface area contributed by atoms with Crippen molar-refractivity contribution in [2.24, 2.45) is 0 Å². The quantitative estimate of drug-likeness (QED) is 0.574. The first kappa shape index (κ1) is 11.9. The molecule has 1 aromatic rings. The lowest BCUT2D eigenvalue weighted by molar-refractivity contribution is -0.119. The summed E-state index contributed by atoms with van der Waals surface area (Å²) >= 11 is 5.66. The maximum absolute atomic E-state index is 12.0. The molecule has 0 bridgehead atoms. The van der Waals surface area contributed by atoms with Gasteiger partial charge in [-0.25, -0.2) is 4.98 Å². The fraction of sp³-hybridized carbons (Fsp3) is 0.364. The van der Waals surface area contributed by atoms with Crippen LogP contribution in [0.5, 0.6) is 0 Å². The monoisotopic (exact) mass is 253 g/mol. The third kappa shape index (κ3) is 2.74. The molecule has 0 atom stereocenters. The number of rotatable bonds is 2. The van der Waals surface area contributed by atoms with E-state index >= 15 is 0 Å². The third-order valence-corrected chi connectivity index (χ3v) is 2.95. The van der Waals surface area contributed by atoms with Crippen LogP contribution in [0.15, 0.2) is 18.3 Å². The van der Waals surface area contributed by atoms with E-state index in [0.717, 1.165) is 6.41 Å². The normalized spacial score (nSPS) is 15.8. The van der Waals surface area contributed by atoms with Crippen LogP contribution < -0.4 is 0 Å². The summed E-state index contributed by atoms with van der Waals surface area (Å²) in [6, 6.07) is 3.25.